The maximum Gasteiger partial charge on any atom is 0.185 e. The van der Waals surface area contributed by atoms with Crippen LogP contribution in [0.3, 0.4) is 0 Å². The summed E-state index contributed by atoms with van der Waals surface area (Å²) >= 11 is 3.15. The maximum atomic E-state index is 11.6. The number of hydrogen-bond acceptors (Lipinski definition) is 41. The van der Waals surface area contributed by atoms with E-state index >= 15 is 0 Å². The predicted molar refractivity (Wildman–Crippen MR) is 422 cm³/mol. The van der Waals surface area contributed by atoms with Crippen molar-refractivity contribution in [3.63, 3.8) is 0 Å². The number of methoxy groups -OCH3 is 12. The van der Waals surface area contributed by atoms with Gasteiger partial charge in [-0.15, -0.1) is 0 Å². The lowest BCUT2D eigenvalue weighted by Crippen LogP contribution is -2.70. The molecule has 6 aliphatic heterocycles. The zero-order valence-corrected chi connectivity index (χ0v) is 72.9. The van der Waals surface area contributed by atoms with Gasteiger partial charge in [-0.3, -0.25) is 0 Å². The average molecular weight is 1770 g/mol. The van der Waals surface area contributed by atoms with Crippen molar-refractivity contribution in [1.82, 2.24) is 10.6 Å². The summed E-state index contributed by atoms with van der Waals surface area (Å²) in [5, 5.41) is 160. The van der Waals surface area contributed by atoms with Crippen LogP contribution in [-0.4, -0.2) is 469 Å². The third-order valence-electron chi connectivity index (χ3n) is 25.9. The van der Waals surface area contributed by atoms with Gasteiger partial charge in [0.25, 0.3) is 0 Å². The monoisotopic (exact) mass is 1760 g/mol. The molecule has 2 aliphatic carbocycles. The minimum Gasteiger partial charge on any atom is -0.396 e. The lowest BCUT2D eigenvalue weighted by molar-refractivity contribution is -0.369. The van der Waals surface area contributed by atoms with Crippen molar-refractivity contribution in [3.8, 4) is 0 Å². The molecule has 6 heterocycles. The highest BCUT2D eigenvalue weighted by Gasteiger charge is 2.61. The quantitative estimate of drug-likeness (QED) is 0.0253. The van der Waals surface area contributed by atoms with Gasteiger partial charge in [-0.2, -0.15) is 23.5 Å². The fourth-order valence-corrected chi connectivity index (χ4v) is 23.1. The lowest BCUT2D eigenvalue weighted by Gasteiger charge is -2.54. The summed E-state index contributed by atoms with van der Waals surface area (Å²) in [5.74, 6) is -6.91. The van der Waals surface area contributed by atoms with Gasteiger partial charge in [0, 0.05) is 194 Å². The Bertz CT molecular complexity index is 2570. The Morgan fingerprint density at radius 3 is 1.13 bits per heavy atom. The summed E-state index contributed by atoms with van der Waals surface area (Å²) < 4.78 is 144. The van der Waals surface area contributed by atoms with Gasteiger partial charge in [-0.05, 0) is 44.9 Å². The van der Waals surface area contributed by atoms with Gasteiger partial charge in [0.05, 0.1) is 176 Å². The van der Waals surface area contributed by atoms with E-state index in [1.54, 1.807) is 51.8 Å². The van der Waals surface area contributed by atoms with Gasteiger partial charge in [0.1, 0.15) is 42.7 Å². The largest absolute Gasteiger partial charge is 0.396 e. The molecule has 119 heavy (non-hydrogen) atoms. The molecule has 20 unspecified atom stereocenters. The molecule has 8 rings (SSSR count). The molecule has 8 aliphatic rings. The summed E-state index contributed by atoms with van der Waals surface area (Å²) in [4.78, 5) is 0. The van der Waals surface area contributed by atoms with Crippen molar-refractivity contribution in [2.75, 3.05) is 209 Å². The molecular formula is C78H144N2O37S2. The zero-order valence-electron chi connectivity index (χ0n) is 71.3. The molecule has 700 valence electrons. The van der Waals surface area contributed by atoms with E-state index in [1.807, 2.05) is 6.92 Å². The lowest BCUT2D eigenvalue weighted by atomic mass is 9.67. The van der Waals surface area contributed by atoms with Gasteiger partial charge in [0.15, 0.2) is 37.7 Å². The molecule has 0 aromatic heterocycles. The molecule has 16 N–H and O–H groups in total. The first-order chi connectivity index (χ1) is 57.7. The molecule has 8 fully saturated rings. The van der Waals surface area contributed by atoms with Crippen molar-refractivity contribution in [3.05, 3.63) is 0 Å². The topological polar surface area (TPSA) is 520 Å². The first-order valence-corrected chi connectivity index (χ1v) is 43.6. The van der Waals surface area contributed by atoms with Crippen LogP contribution in [0.1, 0.15) is 33.1 Å². The second kappa shape index (κ2) is 52.1. The van der Waals surface area contributed by atoms with Crippen molar-refractivity contribution in [1.29, 1.82) is 0 Å². The van der Waals surface area contributed by atoms with Gasteiger partial charge in [-0.25, -0.2) is 0 Å². The molecule has 39 nitrogen and oxygen atoms in total. The zero-order chi connectivity index (χ0) is 86.9. The molecule has 0 aromatic carbocycles. The number of nitrogens with one attached hydrogen (secondary N) is 2. The van der Waals surface area contributed by atoms with E-state index in [1.165, 1.54) is 64.0 Å². The molecular weight excluding hydrogens is 1620 g/mol. The standard InChI is InChI=1S/C78H144N2O37S2/c1-37-54(42(27-86)67(105-13)77(109-37)114-59-45(30-89)68(106-14)78(112-51(59)17-20-83)115-58-44(29-88)66(104-12)74(94)110-50(58)16-19-82)79-57-60(98-6)41(26-85)40(25-84)39(15-18-81)71(57)118-23-21-107-22-24-119-72-49(34-95-3)65(103-11)62(100-8)43(28-87)56(72)80-55-38(2)108-75(47(32-91)61(55)99-7)116-70-53(36-97-5)113-76(48(33-92)64(70)102-10)117-69-52(35-96-4)111-73(93)46(31-90)63(69)101-9/h37-94H,15-36H2,1-14H3/t37?,38?,39?,40-,41+,42+,43?,44+,45+,46?,47?,48?,49?,50?,51?,52?,53?,54+,55-,56-,57+,58-,59-,60?,61+,62+,63+,64+,65+,66?,67?,68?,69-,70-,71?,72?,73?,74?,75-,76-,77+,78+/m0/s1. The van der Waals surface area contributed by atoms with E-state index in [2.05, 4.69) is 10.6 Å². The molecule has 6 saturated heterocycles. The van der Waals surface area contributed by atoms with Gasteiger partial charge >= 0.3 is 0 Å². The molecule has 0 bridgehead atoms. The molecule has 41 heteroatoms. The second-order valence-corrected chi connectivity index (χ2v) is 34.5. The Kier molecular flexibility index (Phi) is 45.3. The van der Waals surface area contributed by atoms with Crippen LogP contribution in [0.4, 0.5) is 0 Å². The minimum atomic E-state index is -1.45. The fourth-order valence-electron chi connectivity index (χ4n) is 20.2. The molecule has 0 radical (unpaired) electrons. The summed E-state index contributed by atoms with van der Waals surface area (Å²) in [6.45, 7) is -0.755. The molecule has 42 atom stereocenters. The highest BCUT2D eigenvalue weighted by atomic mass is 32.2. The van der Waals surface area contributed by atoms with Crippen molar-refractivity contribution >= 4 is 23.5 Å². The van der Waals surface area contributed by atoms with Crippen LogP contribution in [-0.2, 0) is 109 Å². The van der Waals surface area contributed by atoms with Crippen molar-refractivity contribution in [2.24, 2.45) is 65.1 Å². The third kappa shape index (κ3) is 23.9. The predicted octanol–water partition coefficient (Wildman–Crippen LogP) is -5.27. The van der Waals surface area contributed by atoms with Crippen LogP contribution >= 0.6 is 23.5 Å². The highest BCUT2D eigenvalue weighted by Crippen LogP contribution is 2.48. The molecule has 0 amide bonds. The number of ether oxygens (including phenoxy) is 23. The summed E-state index contributed by atoms with van der Waals surface area (Å²) in [5.41, 5.74) is 0. The van der Waals surface area contributed by atoms with Crippen molar-refractivity contribution < 1.29 is 180 Å². The van der Waals surface area contributed by atoms with Gasteiger partial charge < -0.3 is 191 Å². The van der Waals surface area contributed by atoms with E-state index in [-0.39, 0.29) is 96.5 Å². The fraction of sp³-hybridized carbons (Fsp3) is 1.00. The van der Waals surface area contributed by atoms with E-state index in [0.29, 0.717) is 11.5 Å². The normalized spacial score (nSPS) is 44.4. The summed E-state index contributed by atoms with van der Waals surface area (Å²) in [6.07, 6.45) is -24.6. The van der Waals surface area contributed by atoms with E-state index < -0.39 is 289 Å². The summed E-state index contributed by atoms with van der Waals surface area (Å²) in [6, 6.07) is -2.57. The Labute approximate surface area is 707 Å². The Hall–Kier alpha value is -0.860. The highest BCUT2D eigenvalue weighted by molar-refractivity contribution is 8.00. The molecule has 2 saturated carbocycles. The van der Waals surface area contributed by atoms with Crippen LogP contribution in [0.5, 0.6) is 0 Å². The number of thioether (sulfide) groups is 2. The Morgan fingerprint density at radius 1 is 0.277 bits per heavy atom. The summed E-state index contributed by atoms with van der Waals surface area (Å²) in [7, 11) is 17.8. The van der Waals surface area contributed by atoms with E-state index in [0.717, 1.165) is 0 Å². The maximum absolute atomic E-state index is 11.6. The Morgan fingerprint density at radius 2 is 0.639 bits per heavy atom. The second-order valence-electron chi connectivity index (χ2n) is 31.9. The number of hydrogen-bond donors (Lipinski definition) is 16. The van der Waals surface area contributed by atoms with Crippen LogP contribution in [0.2, 0.25) is 0 Å². The van der Waals surface area contributed by atoms with Crippen LogP contribution in [0.25, 0.3) is 0 Å². The van der Waals surface area contributed by atoms with E-state index in [4.69, 9.17) is 109 Å². The SMILES string of the molecule is COCC1C(SCCOCCSC2C(CCO)[C@H](CO)[C@@H](CO)C(OC)[C@H]2N[C@@H]2C(C)O[C@H](O[C@@H]3C(CCO)O[C@H](O[C@@H]4C(CCO)OC(O)C(OC)[C@@H]4CO)C(OC)[C@@H]3CO)C(OC)[C@@H]2CO)[C@@H](N[C@H]2C(C)O[C@@H](O[C@H]3C(COC)O[C@@H](O[C@H]4C(COC)OC(O)C(CO)[C@H]4OC)C(CO)[C@H]3OC)C(CO)[C@H]2OC)C(CO)[C@@H](OC)[C@@H]1OC. The van der Waals surface area contributed by atoms with Crippen LogP contribution in [0, 0.1) is 65.1 Å². The number of aliphatic hydroxyl groups excluding tert-OH is 14. The minimum absolute atomic E-state index is 0.00978. The number of aliphatic hydroxyl groups is 14. The first-order valence-electron chi connectivity index (χ1n) is 41.5. The van der Waals surface area contributed by atoms with Crippen LogP contribution in [0.15, 0.2) is 0 Å². The van der Waals surface area contributed by atoms with Gasteiger partial charge in [-0.1, -0.05) is 0 Å². The third-order valence-corrected chi connectivity index (χ3v) is 28.7. The van der Waals surface area contributed by atoms with E-state index in [9.17, 15) is 71.5 Å². The first kappa shape index (κ1) is 104. The molecule has 0 aromatic rings. The number of rotatable bonds is 50. The smallest absolute Gasteiger partial charge is 0.185 e. The van der Waals surface area contributed by atoms with Crippen LogP contribution < -0.4 is 10.6 Å². The Balaban J connectivity index is 0.973. The average Bonchev–Trinajstić information content (AvgIpc) is 0.756. The van der Waals surface area contributed by atoms with Gasteiger partial charge in [0.2, 0.25) is 0 Å². The van der Waals surface area contributed by atoms with Crippen molar-refractivity contribution in [2.45, 2.75) is 221 Å². The molecule has 0 spiro atoms.